The molecule has 1 aromatic rings. The monoisotopic (exact) mass is 343 g/mol. The topological polar surface area (TPSA) is 54.0 Å². The lowest BCUT2D eigenvalue weighted by atomic mass is 9.75. The first-order chi connectivity index (χ1) is 12.3. The average Bonchev–Trinajstić information content (AvgIpc) is 3.28. The summed E-state index contributed by atoms with van der Waals surface area (Å²) in [4.78, 5) is 17.5. The van der Waals surface area contributed by atoms with E-state index in [4.69, 9.17) is 9.47 Å². The lowest BCUT2D eigenvalue weighted by molar-refractivity contribution is -0.134. The number of piperidine rings is 3. The lowest BCUT2D eigenvalue weighted by Crippen LogP contribution is -2.61. The molecule has 0 radical (unpaired) electrons. The van der Waals surface area contributed by atoms with Gasteiger partial charge >= 0.3 is 0 Å². The maximum Gasteiger partial charge on any atom is 0.236 e. The number of nitrogens with zero attached hydrogens (tertiary/aromatic N) is 2. The van der Waals surface area contributed by atoms with E-state index in [-0.39, 0.29) is 5.91 Å². The van der Waals surface area contributed by atoms with Crippen LogP contribution in [0.4, 0.5) is 0 Å². The molecule has 25 heavy (non-hydrogen) atoms. The van der Waals surface area contributed by atoms with Gasteiger partial charge < -0.3 is 19.7 Å². The highest BCUT2D eigenvalue weighted by atomic mass is 16.7. The Hall–Kier alpha value is -1.79. The van der Waals surface area contributed by atoms with Crippen molar-refractivity contribution in [2.45, 2.75) is 30.8 Å². The quantitative estimate of drug-likeness (QED) is 0.888. The van der Waals surface area contributed by atoms with Crippen molar-refractivity contribution in [3.8, 4) is 11.5 Å². The van der Waals surface area contributed by atoms with Crippen molar-refractivity contribution < 1.29 is 14.3 Å². The first-order valence-electron chi connectivity index (χ1n) is 9.34. The zero-order valence-electron chi connectivity index (χ0n) is 14.6. The average molecular weight is 343 g/mol. The van der Waals surface area contributed by atoms with E-state index in [9.17, 15) is 4.79 Å². The van der Waals surface area contributed by atoms with Crippen molar-refractivity contribution in [1.29, 1.82) is 0 Å². The van der Waals surface area contributed by atoms with Crippen LogP contribution >= 0.6 is 0 Å². The van der Waals surface area contributed by atoms with Crippen LogP contribution in [0.2, 0.25) is 0 Å². The Balaban J connectivity index is 1.50. The Morgan fingerprint density at radius 3 is 2.80 bits per heavy atom. The van der Waals surface area contributed by atoms with Crippen LogP contribution in [-0.4, -0.2) is 67.8 Å². The molecule has 3 atom stereocenters. The predicted molar refractivity (Wildman–Crippen MR) is 92.8 cm³/mol. The Kier molecular flexibility index (Phi) is 3.64. The minimum absolute atomic E-state index is 0.231. The minimum atomic E-state index is 0.231. The molecule has 6 rings (SSSR count). The molecule has 0 aliphatic carbocycles. The number of carbonyl (C=O) groups is 1. The predicted octanol–water partition coefficient (Wildman–Crippen LogP) is 1.02. The second-order valence-corrected chi connectivity index (χ2v) is 7.65. The molecule has 2 bridgehead atoms. The summed E-state index contributed by atoms with van der Waals surface area (Å²) in [5.41, 5.74) is 1.27. The molecule has 6 nitrogen and oxygen atoms in total. The fourth-order valence-corrected chi connectivity index (χ4v) is 5.39. The standard InChI is InChI=1S/C19H25N3O3/c1-20-9-17(23)22-10-14(13-2-3-15-16(8-13)25-11-24-15)19-18(22)12-4-6-21(19)7-5-12/h2-3,8,12,14,18-20H,4-7,9-11H2,1H3/t14-,18+,19+/m1/s1. The van der Waals surface area contributed by atoms with E-state index in [0.29, 0.717) is 37.3 Å². The van der Waals surface area contributed by atoms with E-state index in [1.54, 1.807) is 0 Å². The maximum absolute atomic E-state index is 12.7. The highest BCUT2D eigenvalue weighted by Gasteiger charge is 2.54. The van der Waals surface area contributed by atoms with E-state index in [0.717, 1.165) is 18.0 Å². The fraction of sp³-hybridized carbons (Fsp3) is 0.632. The molecule has 0 aromatic heterocycles. The van der Waals surface area contributed by atoms with Gasteiger partial charge in [-0.1, -0.05) is 6.07 Å². The van der Waals surface area contributed by atoms with Gasteiger partial charge in [-0.25, -0.2) is 0 Å². The molecule has 5 aliphatic rings. The molecule has 4 saturated heterocycles. The zero-order valence-corrected chi connectivity index (χ0v) is 14.6. The van der Waals surface area contributed by atoms with Gasteiger partial charge in [-0.05, 0) is 56.6 Å². The molecule has 6 heteroatoms. The van der Waals surface area contributed by atoms with Gasteiger partial charge in [0.2, 0.25) is 12.7 Å². The van der Waals surface area contributed by atoms with Crippen LogP contribution in [0.15, 0.2) is 18.2 Å². The minimum Gasteiger partial charge on any atom is -0.454 e. The van der Waals surface area contributed by atoms with Crippen LogP contribution in [0.5, 0.6) is 11.5 Å². The molecule has 134 valence electrons. The number of ether oxygens (including phenoxy) is 2. The van der Waals surface area contributed by atoms with Crippen LogP contribution in [0.3, 0.4) is 0 Å². The molecular weight excluding hydrogens is 318 g/mol. The molecule has 0 saturated carbocycles. The zero-order chi connectivity index (χ0) is 17.0. The first-order valence-corrected chi connectivity index (χ1v) is 9.34. The second-order valence-electron chi connectivity index (χ2n) is 7.65. The number of amides is 1. The molecule has 1 N–H and O–H groups in total. The summed E-state index contributed by atoms with van der Waals surface area (Å²) in [7, 11) is 1.84. The van der Waals surface area contributed by atoms with Gasteiger partial charge in [0.1, 0.15) is 0 Å². The summed E-state index contributed by atoms with van der Waals surface area (Å²) in [6.07, 6.45) is 2.44. The largest absolute Gasteiger partial charge is 0.454 e. The highest BCUT2D eigenvalue weighted by molar-refractivity contribution is 5.79. The third-order valence-corrected chi connectivity index (χ3v) is 6.47. The van der Waals surface area contributed by atoms with Gasteiger partial charge in [-0.15, -0.1) is 0 Å². The molecule has 5 aliphatic heterocycles. The number of hydrogen-bond donors (Lipinski definition) is 1. The Bertz CT molecular complexity index is 686. The Morgan fingerprint density at radius 2 is 2.00 bits per heavy atom. The van der Waals surface area contributed by atoms with Crippen molar-refractivity contribution in [2.24, 2.45) is 5.92 Å². The van der Waals surface area contributed by atoms with E-state index >= 15 is 0 Å². The highest BCUT2D eigenvalue weighted by Crippen LogP contribution is 2.47. The number of fused-ring (bicyclic) bond motifs is 3. The Labute approximate surface area is 148 Å². The Morgan fingerprint density at radius 1 is 1.20 bits per heavy atom. The molecule has 5 heterocycles. The maximum atomic E-state index is 12.7. The molecule has 1 amide bonds. The van der Waals surface area contributed by atoms with Gasteiger partial charge in [-0.3, -0.25) is 9.69 Å². The number of nitrogens with one attached hydrogen (secondary N) is 1. The second kappa shape index (κ2) is 5.88. The summed E-state index contributed by atoms with van der Waals surface area (Å²) in [6.45, 7) is 3.87. The third-order valence-electron chi connectivity index (χ3n) is 6.47. The van der Waals surface area contributed by atoms with Gasteiger partial charge in [0, 0.05) is 18.5 Å². The van der Waals surface area contributed by atoms with Crippen molar-refractivity contribution in [2.75, 3.05) is 40.0 Å². The van der Waals surface area contributed by atoms with Gasteiger partial charge in [0.15, 0.2) is 11.5 Å². The van der Waals surface area contributed by atoms with Crippen LogP contribution < -0.4 is 14.8 Å². The van der Waals surface area contributed by atoms with E-state index in [1.165, 1.54) is 31.5 Å². The van der Waals surface area contributed by atoms with Crippen molar-refractivity contribution in [3.05, 3.63) is 23.8 Å². The summed E-state index contributed by atoms with van der Waals surface area (Å²) in [6, 6.07) is 7.10. The molecule has 0 spiro atoms. The number of rotatable bonds is 3. The number of likely N-dealkylation sites (tertiary alicyclic amines) is 1. The normalized spacial score (nSPS) is 35.1. The molecule has 0 unspecified atom stereocenters. The SMILES string of the molecule is CNCC(=O)N1C[C@H](c2ccc3c(c2)OCO3)[C@H]2[C@@H]1C1CCN2CC1. The van der Waals surface area contributed by atoms with Crippen LogP contribution in [-0.2, 0) is 4.79 Å². The first kappa shape index (κ1) is 15.5. The third kappa shape index (κ3) is 2.34. The number of hydrogen-bond acceptors (Lipinski definition) is 5. The van der Waals surface area contributed by atoms with E-state index < -0.39 is 0 Å². The van der Waals surface area contributed by atoms with Crippen LogP contribution in [0.1, 0.15) is 24.3 Å². The fourth-order valence-electron chi connectivity index (χ4n) is 5.39. The summed E-state index contributed by atoms with van der Waals surface area (Å²) >= 11 is 0. The van der Waals surface area contributed by atoms with Crippen molar-refractivity contribution in [1.82, 2.24) is 15.1 Å². The molecule has 4 fully saturated rings. The summed E-state index contributed by atoms with van der Waals surface area (Å²) in [5, 5.41) is 3.03. The number of likely N-dealkylation sites (N-methyl/N-ethyl adjacent to an activating group) is 1. The molecular formula is C19H25N3O3. The van der Waals surface area contributed by atoms with Gasteiger partial charge in [-0.2, -0.15) is 0 Å². The number of carbonyl (C=O) groups excluding carboxylic acids is 1. The summed E-state index contributed by atoms with van der Waals surface area (Å²) in [5.74, 6) is 2.89. The van der Waals surface area contributed by atoms with Crippen LogP contribution in [0.25, 0.3) is 0 Å². The lowest BCUT2D eigenvalue weighted by Gasteiger charge is -2.51. The molecule has 1 aromatic carbocycles. The van der Waals surface area contributed by atoms with E-state index in [1.807, 2.05) is 13.1 Å². The van der Waals surface area contributed by atoms with Gasteiger partial charge in [0.05, 0.1) is 12.6 Å². The smallest absolute Gasteiger partial charge is 0.236 e. The van der Waals surface area contributed by atoms with Gasteiger partial charge in [0.25, 0.3) is 0 Å². The van der Waals surface area contributed by atoms with E-state index in [2.05, 4.69) is 27.2 Å². The number of benzene rings is 1. The van der Waals surface area contributed by atoms with Crippen LogP contribution in [0, 0.1) is 5.92 Å². The summed E-state index contributed by atoms with van der Waals surface area (Å²) < 4.78 is 11.0. The van der Waals surface area contributed by atoms with Crippen molar-refractivity contribution in [3.63, 3.8) is 0 Å². The van der Waals surface area contributed by atoms with Crippen molar-refractivity contribution >= 4 is 5.91 Å².